The average Bonchev–Trinajstić information content (AvgIpc) is 2.36. The van der Waals surface area contributed by atoms with E-state index in [1.54, 1.807) is 6.20 Å². The molecule has 0 atom stereocenters. The summed E-state index contributed by atoms with van der Waals surface area (Å²) in [4.78, 5) is 6.64. The first-order valence-corrected chi connectivity index (χ1v) is 6.91. The molecule has 1 aromatic rings. The van der Waals surface area contributed by atoms with Crippen molar-refractivity contribution in [2.75, 3.05) is 44.6 Å². The van der Waals surface area contributed by atoms with Gasteiger partial charge in [0.1, 0.15) is 0 Å². The molecule has 4 nitrogen and oxygen atoms in total. The normalized spacial score (nSPS) is 17.0. The lowest BCUT2D eigenvalue weighted by Crippen LogP contribution is -2.44. The largest absolute Gasteiger partial charge is 0.384 e. The van der Waals surface area contributed by atoms with Crippen LogP contribution in [0.4, 0.5) is 5.69 Å². The number of nitrogens with zero attached hydrogens (tertiary/aromatic N) is 2. The van der Waals surface area contributed by atoms with Crippen molar-refractivity contribution >= 4 is 21.6 Å². The molecule has 2 heterocycles. The van der Waals surface area contributed by atoms with Crippen LogP contribution in [0.1, 0.15) is 6.42 Å². The van der Waals surface area contributed by atoms with Crippen LogP contribution in [0.15, 0.2) is 22.9 Å². The zero-order valence-corrected chi connectivity index (χ0v) is 11.5. The van der Waals surface area contributed by atoms with Gasteiger partial charge in [-0.2, -0.15) is 0 Å². The molecule has 1 aromatic heterocycles. The van der Waals surface area contributed by atoms with Crippen LogP contribution >= 0.6 is 15.9 Å². The van der Waals surface area contributed by atoms with Crippen LogP contribution in [0.3, 0.4) is 0 Å². The van der Waals surface area contributed by atoms with Crippen molar-refractivity contribution in [3.8, 4) is 0 Å². The highest BCUT2D eigenvalue weighted by Gasteiger charge is 2.07. The third-order valence-electron chi connectivity index (χ3n) is 2.89. The smallest absolute Gasteiger partial charge is 0.0538 e. The number of aromatic nitrogens is 1. The summed E-state index contributed by atoms with van der Waals surface area (Å²) in [7, 11) is 0. The maximum absolute atomic E-state index is 4.12. The molecule has 2 rings (SSSR count). The third kappa shape index (κ3) is 4.61. The Morgan fingerprint density at radius 1 is 1.35 bits per heavy atom. The first-order chi connectivity index (χ1) is 8.34. The van der Waals surface area contributed by atoms with Crippen molar-refractivity contribution in [3.05, 3.63) is 22.9 Å². The fourth-order valence-electron chi connectivity index (χ4n) is 1.98. The van der Waals surface area contributed by atoms with Gasteiger partial charge in [-0.25, -0.2) is 0 Å². The standard InChI is InChI=1S/C12H19BrN4/c13-11-8-12(10-15-9-11)16-2-1-5-17-6-3-14-4-7-17/h8-10,14,16H,1-7H2. The minimum Gasteiger partial charge on any atom is -0.384 e. The van der Waals surface area contributed by atoms with Gasteiger partial charge >= 0.3 is 0 Å². The Balaban J connectivity index is 1.62. The molecule has 0 aliphatic carbocycles. The van der Waals surface area contributed by atoms with Gasteiger partial charge in [0, 0.05) is 43.4 Å². The van der Waals surface area contributed by atoms with Gasteiger partial charge in [-0.1, -0.05) is 0 Å². The van der Waals surface area contributed by atoms with E-state index in [1.807, 2.05) is 6.20 Å². The Morgan fingerprint density at radius 3 is 2.94 bits per heavy atom. The predicted molar refractivity (Wildman–Crippen MR) is 74.4 cm³/mol. The molecule has 5 heteroatoms. The monoisotopic (exact) mass is 298 g/mol. The SMILES string of the molecule is Brc1cncc(NCCCN2CCNCC2)c1. The molecule has 94 valence electrons. The molecule has 0 radical (unpaired) electrons. The van der Waals surface area contributed by atoms with Gasteiger partial charge in [0.15, 0.2) is 0 Å². The Kier molecular flexibility index (Phi) is 5.22. The lowest BCUT2D eigenvalue weighted by atomic mass is 10.3. The highest BCUT2D eigenvalue weighted by Crippen LogP contribution is 2.13. The van der Waals surface area contributed by atoms with Crippen LogP contribution in [0, 0.1) is 0 Å². The number of piperazine rings is 1. The minimum atomic E-state index is 1.00. The molecule has 0 unspecified atom stereocenters. The fraction of sp³-hybridized carbons (Fsp3) is 0.583. The second kappa shape index (κ2) is 6.93. The van der Waals surface area contributed by atoms with Gasteiger partial charge in [0.2, 0.25) is 0 Å². The lowest BCUT2D eigenvalue weighted by molar-refractivity contribution is 0.240. The number of anilines is 1. The van der Waals surface area contributed by atoms with E-state index in [2.05, 4.69) is 42.5 Å². The van der Waals surface area contributed by atoms with Crippen LogP contribution in [-0.4, -0.2) is 49.2 Å². The molecular weight excluding hydrogens is 280 g/mol. The maximum atomic E-state index is 4.12. The molecule has 1 saturated heterocycles. The molecule has 2 N–H and O–H groups in total. The van der Waals surface area contributed by atoms with E-state index in [4.69, 9.17) is 0 Å². The van der Waals surface area contributed by atoms with Gasteiger partial charge in [-0.3, -0.25) is 4.98 Å². The molecule has 1 aliphatic heterocycles. The number of hydrogen-bond donors (Lipinski definition) is 2. The van der Waals surface area contributed by atoms with Crippen LogP contribution in [0.25, 0.3) is 0 Å². The first-order valence-electron chi connectivity index (χ1n) is 6.12. The van der Waals surface area contributed by atoms with Gasteiger partial charge in [-0.05, 0) is 35.0 Å². The van der Waals surface area contributed by atoms with Gasteiger partial charge in [0.05, 0.1) is 11.9 Å². The van der Waals surface area contributed by atoms with Crippen LogP contribution in [0.2, 0.25) is 0 Å². The van der Waals surface area contributed by atoms with Crippen molar-refractivity contribution < 1.29 is 0 Å². The summed E-state index contributed by atoms with van der Waals surface area (Å²) in [6.45, 7) is 6.79. The highest BCUT2D eigenvalue weighted by atomic mass is 79.9. The van der Waals surface area contributed by atoms with Gasteiger partial charge in [-0.15, -0.1) is 0 Å². The summed E-state index contributed by atoms with van der Waals surface area (Å²) in [5.74, 6) is 0. The van der Waals surface area contributed by atoms with E-state index in [9.17, 15) is 0 Å². The van der Waals surface area contributed by atoms with Gasteiger partial charge < -0.3 is 15.5 Å². The Bertz CT molecular complexity index is 339. The second-order valence-electron chi connectivity index (χ2n) is 4.26. The summed E-state index contributed by atoms with van der Waals surface area (Å²) in [5.41, 5.74) is 1.08. The number of pyridine rings is 1. The van der Waals surface area contributed by atoms with Crippen molar-refractivity contribution in [2.45, 2.75) is 6.42 Å². The number of rotatable bonds is 5. The summed E-state index contributed by atoms with van der Waals surface area (Å²) in [5, 5.41) is 6.76. The van der Waals surface area contributed by atoms with E-state index in [-0.39, 0.29) is 0 Å². The van der Waals surface area contributed by atoms with E-state index < -0.39 is 0 Å². The van der Waals surface area contributed by atoms with Crippen molar-refractivity contribution in [1.82, 2.24) is 15.2 Å². The van der Waals surface area contributed by atoms with Crippen LogP contribution in [0.5, 0.6) is 0 Å². The molecule has 0 aromatic carbocycles. The fourth-order valence-corrected chi connectivity index (χ4v) is 2.34. The molecule has 0 spiro atoms. The molecular formula is C12H19BrN4. The number of halogens is 1. The van der Waals surface area contributed by atoms with E-state index in [0.29, 0.717) is 0 Å². The first kappa shape index (κ1) is 12.8. The molecule has 0 saturated carbocycles. The topological polar surface area (TPSA) is 40.2 Å². The third-order valence-corrected chi connectivity index (χ3v) is 3.33. The lowest BCUT2D eigenvalue weighted by Gasteiger charge is -2.27. The summed E-state index contributed by atoms with van der Waals surface area (Å²) < 4.78 is 1.02. The summed E-state index contributed by atoms with van der Waals surface area (Å²) in [6, 6.07) is 2.05. The van der Waals surface area contributed by atoms with Crippen molar-refractivity contribution in [3.63, 3.8) is 0 Å². The van der Waals surface area contributed by atoms with Crippen molar-refractivity contribution in [1.29, 1.82) is 0 Å². The highest BCUT2D eigenvalue weighted by molar-refractivity contribution is 9.10. The van der Waals surface area contributed by atoms with Crippen LogP contribution in [-0.2, 0) is 0 Å². The summed E-state index contributed by atoms with van der Waals surface area (Å²) in [6.07, 6.45) is 4.83. The Hall–Kier alpha value is -0.650. The molecule has 1 aliphatic rings. The van der Waals surface area contributed by atoms with Crippen molar-refractivity contribution in [2.24, 2.45) is 0 Å². The Labute approximate surface area is 111 Å². The molecule has 1 fully saturated rings. The minimum absolute atomic E-state index is 1.00. The van der Waals surface area contributed by atoms with E-state index in [1.165, 1.54) is 26.1 Å². The second-order valence-corrected chi connectivity index (χ2v) is 5.18. The zero-order chi connectivity index (χ0) is 11.9. The predicted octanol–water partition coefficient (Wildman–Crippen LogP) is 1.55. The quantitative estimate of drug-likeness (QED) is 0.809. The van der Waals surface area contributed by atoms with E-state index >= 15 is 0 Å². The Morgan fingerprint density at radius 2 is 2.18 bits per heavy atom. The number of hydrogen-bond acceptors (Lipinski definition) is 4. The maximum Gasteiger partial charge on any atom is 0.0538 e. The zero-order valence-electron chi connectivity index (χ0n) is 9.95. The molecule has 0 amide bonds. The van der Waals surface area contributed by atoms with Gasteiger partial charge in [0.25, 0.3) is 0 Å². The average molecular weight is 299 g/mol. The van der Waals surface area contributed by atoms with E-state index in [0.717, 1.165) is 29.8 Å². The van der Waals surface area contributed by atoms with Crippen LogP contribution < -0.4 is 10.6 Å². The number of nitrogens with one attached hydrogen (secondary N) is 2. The summed E-state index contributed by atoms with van der Waals surface area (Å²) >= 11 is 3.42. The molecule has 17 heavy (non-hydrogen) atoms. The molecule has 0 bridgehead atoms.